The van der Waals surface area contributed by atoms with Crippen LogP contribution in [0.4, 0.5) is 0 Å². The highest BCUT2D eigenvalue weighted by atomic mass is 16.5. The summed E-state index contributed by atoms with van der Waals surface area (Å²) in [6.07, 6.45) is 0.437. The van der Waals surface area contributed by atoms with Crippen molar-refractivity contribution in [2.75, 3.05) is 13.2 Å². The van der Waals surface area contributed by atoms with Gasteiger partial charge in [0.25, 0.3) is 0 Å². The topological polar surface area (TPSA) is 58.6 Å². The maximum atomic E-state index is 11.1. The Morgan fingerprint density at radius 3 is 3.08 bits per heavy atom. The van der Waals surface area contributed by atoms with Crippen molar-refractivity contribution in [2.24, 2.45) is 0 Å². The van der Waals surface area contributed by atoms with Crippen molar-refractivity contribution < 1.29 is 14.6 Å². The molecule has 1 fully saturated rings. The molecular formula is C8H15NO3. The summed E-state index contributed by atoms with van der Waals surface area (Å²) in [5.74, 6) is -0.284. The molecule has 4 nitrogen and oxygen atoms in total. The van der Waals surface area contributed by atoms with Gasteiger partial charge in [-0.15, -0.1) is 0 Å². The Balaban J connectivity index is 2.25. The van der Waals surface area contributed by atoms with Gasteiger partial charge in [-0.1, -0.05) is 6.92 Å². The summed E-state index contributed by atoms with van der Waals surface area (Å²) < 4.78 is 5.07. The van der Waals surface area contributed by atoms with Crippen LogP contribution in [-0.4, -0.2) is 36.4 Å². The molecule has 2 N–H and O–H groups in total. The standard InChI is InChI=1S/C8H15NO3/c1-2-7(10)8(11)9-6-3-4-12-5-6/h6-7,10H,2-5H2,1H3,(H,9,11). The van der Waals surface area contributed by atoms with E-state index in [0.29, 0.717) is 19.6 Å². The molecule has 0 aromatic carbocycles. The van der Waals surface area contributed by atoms with Gasteiger partial charge in [-0.2, -0.15) is 0 Å². The molecule has 2 unspecified atom stereocenters. The minimum absolute atomic E-state index is 0.0960. The highest BCUT2D eigenvalue weighted by molar-refractivity contribution is 5.80. The highest BCUT2D eigenvalue weighted by Gasteiger charge is 2.20. The molecule has 0 saturated carbocycles. The Hall–Kier alpha value is -0.610. The minimum atomic E-state index is -0.870. The van der Waals surface area contributed by atoms with Gasteiger partial charge in [0, 0.05) is 6.61 Å². The number of nitrogens with one attached hydrogen (secondary N) is 1. The zero-order valence-corrected chi connectivity index (χ0v) is 7.25. The van der Waals surface area contributed by atoms with Gasteiger partial charge < -0.3 is 15.2 Å². The number of carbonyl (C=O) groups excluding carboxylic acids is 1. The first kappa shape index (κ1) is 9.48. The summed E-state index contributed by atoms with van der Waals surface area (Å²) in [5.41, 5.74) is 0. The molecule has 2 atom stereocenters. The summed E-state index contributed by atoms with van der Waals surface area (Å²) >= 11 is 0. The van der Waals surface area contributed by atoms with Crippen molar-refractivity contribution in [3.8, 4) is 0 Å². The quantitative estimate of drug-likeness (QED) is 0.614. The maximum Gasteiger partial charge on any atom is 0.249 e. The molecule has 4 heteroatoms. The molecule has 1 saturated heterocycles. The van der Waals surface area contributed by atoms with Crippen LogP contribution in [0.15, 0.2) is 0 Å². The Morgan fingerprint density at radius 1 is 1.83 bits per heavy atom. The Labute approximate surface area is 71.9 Å². The first-order valence-electron chi connectivity index (χ1n) is 4.30. The van der Waals surface area contributed by atoms with Gasteiger partial charge in [0.05, 0.1) is 12.6 Å². The van der Waals surface area contributed by atoms with Crippen LogP contribution in [0.3, 0.4) is 0 Å². The fraction of sp³-hybridized carbons (Fsp3) is 0.875. The van der Waals surface area contributed by atoms with Gasteiger partial charge in [-0.05, 0) is 12.8 Å². The first-order chi connectivity index (χ1) is 5.74. The predicted molar refractivity (Wildman–Crippen MR) is 43.7 cm³/mol. The van der Waals surface area contributed by atoms with Crippen LogP contribution in [0.2, 0.25) is 0 Å². The molecule has 70 valence electrons. The predicted octanol–water partition coefficient (Wildman–Crippen LogP) is -0.338. The summed E-state index contributed by atoms with van der Waals surface area (Å²) in [5, 5.41) is 11.8. The van der Waals surface area contributed by atoms with Gasteiger partial charge in [0.1, 0.15) is 6.10 Å². The van der Waals surface area contributed by atoms with E-state index >= 15 is 0 Å². The summed E-state index contributed by atoms with van der Waals surface area (Å²) in [6, 6.07) is 0.0960. The lowest BCUT2D eigenvalue weighted by atomic mass is 10.2. The monoisotopic (exact) mass is 173 g/mol. The van der Waals surface area contributed by atoms with Crippen molar-refractivity contribution >= 4 is 5.91 Å². The van der Waals surface area contributed by atoms with Crippen LogP contribution >= 0.6 is 0 Å². The minimum Gasteiger partial charge on any atom is -0.383 e. The largest absolute Gasteiger partial charge is 0.383 e. The molecule has 12 heavy (non-hydrogen) atoms. The van der Waals surface area contributed by atoms with Crippen LogP contribution in [0.5, 0.6) is 0 Å². The molecule has 0 spiro atoms. The first-order valence-corrected chi connectivity index (χ1v) is 4.30. The second-order valence-electron chi connectivity index (χ2n) is 2.99. The van der Waals surface area contributed by atoms with Crippen molar-refractivity contribution in [3.05, 3.63) is 0 Å². The van der Waals surface area contributed by atoms with Gasteiger partial charge in [-0.3, -0.25) is 4.79 Å². The third kappa shape index (κ3) is 2.46. The number of hydrogen-bond donors (Lipinski definition) is 2. The van der Waals surface area contributed by atoms with E-state index in [-0.39, 0.29) is 11.9 Å². The van der Waals surface area contributed by atoms with E-state index in [0.717, 1.165) is 6.42 Å². The fourth-order valence-corrected chi connectivity index (χ4v) is 1.13. The van der Waals surface area contributed by atoms with Gasteiger partial charge in [0.2, 0.25) is 5.91 Å². The molecular weight excluding hydrogens is 158 g/mol. The zero-order valence-electron chi connectivity index (χ0n) is 7.25. The number of carbonyl (C=O) groups is 1. The number of ether oxygens (including phenoxy) is 1. The molecule has 0 radical (unpaired) electrons. The molecule has 1 heterocycles. The molecule has 1 amide bonds. The second kappa shape index (κ2) is 4.42. The average Bonchev–Trinajstić information content (AvgIpc) is 2.55. The lowest BCUT2D eigenvalue weighted by Crippen LogP contribution is -2.41. The van der Waals surface area contributed by atoms with Crippen molar-refractivity contribution in [2.45, 2.75) is 31.9 Å². The lowest BCUT2D eigenvalue weighted by molar-refractivity contribution is -0.130. The molecule has 0 bridgehead atoms. The number of rotatable bonds is 3. The van der Waals surface area contributed by atoms with E-state index in [9.17, 15) is 4.79 Å². The van der Waals surface area contributed by atoms with Gasteiger partial charge >= 0.3 is 0 Å². The van der Waals surface area contributed by atoms with E-state index in [1.165, 1.54) is 0 Å². The third-order valence-electron chi connectivity index (χ3n) is 1.97. The normalized spacial score (nSPS) is 25.3. The summed E-state index contributed by atoms with van der Waals surface area (Å²) in [6.45, 7) is 3.05. The van der Waals surface area contributed by atoms with Crippen LogP contribution in [0.1, 0.15) is 19.8 Å². The lowest BCUT2D eigenvalue weighted by Gasteiger charge is -2.13. The van der Waals surface area contributed by atoms with E-state index < -0.39 is 6.10 Å². The van der Waals surface area contributed by atoms with Crippen molar-refractivity contribution in [1.29, 1.82) is 0 Å². The number of aliphatic hydroxyl groups is 1. The Bertz CT molecular complexity index is 154. The number of amides is 1. The molecule has 0 aromatic heterocycles. The number of hydrogen-bond acceptors (Lipinski definition) is 3. The fourth-order valence-electron chi connectivity index (χ4n) is 1.13. The SMILES string of the molecule is CCC(O)C(=O)NC1CCOC1. The van der Waals surface area contributed by atoms with Crippen LogP contribution in [0.25, 0.3) is 0 Å². The summed E-state index contributed by atoms with van der Waals surface area (Å²) in [7, 11) is 0. The highest BCUT2D eigenvalue weighted by Crippen LogP contribution is 2.03. The maximum absolute atomic E-state index is 11.1. The third-order valence-corrected chi connectivity index (χ3v) is 1.97. The van der Waals surface area contributed by atoms with Gasteiger partial charge in [0.15, 0.2) is 0 Å². The van der Waals surface area contributed by atoms with Crippen LogP contribution in [-0.2, 0) is 9.53 Å². The molecule has 1 rings (SSSR count). The van der Waals surface area contributed by atoms with Gasteiger partial charge in [-0.25, -0.2) is 0 Å². The van der Waals surface area contributed by atoms with E-state index in [2.05, 4.69) is 5.32 Å². The Kier molecular flexibility index (Phi) is 3.49. The van der Waals surface area contributed by atoms with E-state index in [1.54, 1.807) is 6.92 Å². The molecule has 1 aliphatic heterocycles. The van der Waals surface area contributed by atoms with Crippen molar-refractivity contribution in [3.63, 3.8) is 0 Å². The average molecular weight is 173 g/mol. The molecule has 0 aliphatic carbocycles. The van der Waals surface area contributed by atoms with Crippen molar-refractivity contribution in [1.82, 2.24) is 5.32 Å². The van der Waals surface area contributed by atoms with E-state index in [1.807, 2.05) is 0 Å². The van der Waals surface area contributed by atoms with E-state index in [4.69, 9.17) is 9.84 Å². The molecule has 1 aliphatic rings. The Morgan fingerprint density at radius 2 is 2.58 bits per heavy atom. The second-order valence-corrected chi connectivity index (χ2v) is 2.99. The molecule has 0 aromatic rings. The van der Waals surface area contributed by atoms with Crippen LogP contribution in [0, 0.1) is 0 Å². The zero-order chi connectivity index (χ0) is 8.97. The van der Waals surface area contributed by atoms with Crippen LogP contribution < -0.4 is 5.32 Å². The smallest absolute Gasteiger partial charge is 0.249 e. The number of aliphatic hydroxyl groups excluding tert-OH is 1. The summed E-state index contributed by atoms with van der Waals surface area (Å²) in [4.78, 5) is 11.1.